The van der Waals surface area contributed by atoms with E-state index in [9.17, 15) is 5.11 Å². The molecular formula is C18H20O3. The molecule has 1 aliphatic heterocycles. The lowest BCUT2D eigenvalue weighted by Crippen LogP contribution is -2.07. The van der Waals surface area contributed by atoms with E-state index >= 15 is 0 Å². The Morgan fingerprint density at radius 1 is 1.14 bits per heavy atom. The van der Waals surface area contributed by atoms with Crippen LogP contribution in [0.25, 0.3) is 0 Å². The Balaban J connectivity index is 2.04. The van der Waals surface area contributed by atoms with Gasteiger partial charge in [0, 0.05) is 23.1 Å². The normalized spacial score (nSPS) is 20.0. The van der Waals surface area contributed by atoms with Gasteiger partial charge >= 0.3 is 0 Å². The SMILES string of the molecule is COc1cc2c(c(C)c1O)[C@H](C)[C@@H](c1ccc(C)cc1)O2. The van der Waals surface area contributed by atoms with Crippen LogP contribution in [0.3, 0.4) is 0 Å². The summed E-state index contributed by atoms with van der Waals surface area (Å²) in [4.78, 5) is 0. The molecule has 1 aliphatic rings. The fourth-order valence-electron chi connectivity index (χ4n) is 3.08. The zero-order chi connectivity index (χ0) is 15.1. The summed E-state index contributed by atoms with van der Waals surface area (Å²) in [7, 11) is 1.55. The Morgan fingerprint density at radius 3 is 2.43 bits per heavy atom. The summed E-state index contributed by atoms with van der Waals surface area (Å²) in [6, 6.07) is 10.2. The maximum Gasteiger partial charge on any atom is 0.164 e. The summed E-state index contributed by atoms with van der Waals surface area (Å²) in [5.74, 6) is 1.67. The number of aryl methyl sites for hydroxylation is 1. The number of benzene rings is 2. The number of rotatable bonds is 2. The van der Waals surface area contributed by atoms with Gasteiger partial charge in [-0.25, -0.2) is 0 Å². The average molecular weight is 284 g/mol. The third-order valence-electron chi connectivity index (χ3n) is 4.31. The van der Waals surface area contributed by atoms with Gasteiger partial charge in [-0.05, 0) is 19.4 Å². The van der Waals surface area contributed by atoms with Crippen molar-refractivity contribution in [3.05, 3.63) is 52.6 Å². The van der Waals surface area contributed by atoms with Crippen LogP contribution in [0.5, 0.6) is 17.2 Å². The van der Waals surface area contributed by atoms with Crippen LogP contribution in [0.4, 0.5) is 0 Å². The van der Waals surface area contributed by atoms with Gasteiger partial charge in [-0.3, -0.25) is 0 Å². The molecule has 110 valence electrons. The van der Waals surface area contributed by atoms with Crippen molar-refractivity contribution in [2.75, 3.05) is 7.11 Å². The molecule has 1 heterocycles. The van der Waals surface area contributed by atoms with Gasteiger partial charge in [0.05, 0.1) is 7.11 Å². The smallest absolute Gasteiger partial charge is 0.164 e. The first-order chi connectivity index (χ1) is 10.0. The van der Waals surface area contributed by atoms with Gasteiger partial charge in [0.1, 0.15) is 11.9 Å². The molecule has 2 atom stereocenters. The summed E-state index contributed by atoms with van der Waals surface area (Å²) in [5.41, 5.74) is 4.30. The van der Waals surface area contributed by atoms with E-state index < -0.39 is 0 Å². The molecule has 1 N–H and O–H groups in total. The first-order valence-electron chi connectivity index (χ1n) is 7.16. The van der Waals surface area contributed by atoms with Gasteiger partial charge < -0.3 is 14.6 Å². The van der Waals surface area contributed by atoms with Crippen molar-refractivity contribution in [1.29, 1.82) is 0 Å². The zero-order valence-electron chi connectivity index (χ0n) is 12.8. The predicted octanol–water partition coefficient (Wildman–Crippen LogP) is 4.25. The van der Waals surface area contributed by atoms with Crippen molar-refractivity contribution < 1.29 is 14.6 Å². The third-order valence-corrected chi connectivity index (χ3v) is 4.31. The minimum absolute atomic E-state index is 0.0224. The van der Waals surface area contributed by atoms with E-state index in [1.807, 2.05) is 6.92 Å². The third kappa shape index (κ3) is 2.13. The molecule has 0 saturated carbocycles. The fourth-order valence-corrected chi connectivity index (χ4v) is 3.08. The number of methoxy groups -OCH3 is 1. The lowest BCUT2D eigenvalue weighted by molar-refractivity contribution is 0.215. The van der Waals surface area contributed by atoms with Gasteiger partial charge in [-0.15, -0.1) is 0 Å². The van der Waals surface area contributed by atoms with Gasteiger partial charge in [0.2, 0.25) is 0 Å². The molecule has 3 heteroatoms. The topological polar surface area (TPSA) is 38.7 Å². The van der Waals surface area contributed by atoms with E-state index in [1.54, 1.807) is 13.2 Å². The Bertz CT molecular complexity index is 674. The molecule has 21 heavy (non-hydrogen) atoms. The van der Waals surface area contributed by atoms with Crippen molar-refractivity contribution in [1.82, 2.24) is 0 Å². The van der Waals surface area contributed by atoms with Crippen molar-refractivity contribution >= 4 is 0 Å². The molecule has 0 radical (unpaired) electrons. The Morgan fingerprint density at radius 2 is 1.81 bits per heavy atom. The van der Waals surface area contributed by atoms with E-state index in [4.69, 9.17) is 9.47 Å². The maximum atomic E-state index is 10.2. The Kier molecular flexibility index (Phi) is 3.28. The molecular weight excluding hydrogens is 264 g/mol. The van der Waals surface area contributed by atoms with E-state index in [1.165, 1.54) is 5.56 Å². The molecule has 0 aliphatic carbocycles. The van der Waals surface area contributed by atoms with E-state index in [0.29, 0.717) is 5.75 Å². The van der Waals surface area contributed by atoms with E-state index in [-0.39, 0.29) is 17.8 Å². The molecule has 3 nitrogen and oxygen atoms in total. The second-order valence-corrected chi connectivity index (χ2v) is 5.70. The van der Waals surface area contributed by atoms with Crippen molar-refractivity contribution in [3.63, 3.8) is 0 Å². The molecule has 2 aromatic carbocycles. The summed E-state index contributed by atoms with van der Waals surface area (Å²) in [6.07, 6.45) is -0.0224. The molecule has 0 unspecified atom stereocenters. The summed E-state index contributed by atoms with van der Waals surface area (Å²) < 4.78 is 11.3. The van der Waals surface area contributed by atoms with Crippen LogP contribution in [0.2, 0.25) is 0 Å². The highest BCUT2D eigenvalue weighted by Gasteiger charge is 2.35. The number of aromatic hydroxyl groups is 1. The van der Waals surface area contributed by atoms with Crippen LogP contribution in [0.15, 0.2) is 30.3 Å². The zero-order valence-corrected chi connectivity index (χ0v) is 12.8. The van der Waals surface area contributed by atoms with Gasteiger partial charge in [0.25, 0.3) is 0 Å². The molecule has 0 aromatic heterocycles. The average Bonchev–Trinajstić information content (AvgIpc) is 2.81. The standard InChI is InChI=1S/C18H20O3/c1-10-5-7-13(8-6-10)18-12(3)16-11(2)17(19)15(20-4)9-14(16)21-18/h5-9,12,18-19H,1-4H3/t12-,18-/m0/s1. The van der Waals surface area contributed by atoms with Crippen molar-refractivity contribution in [2.24, 2.45) is 0 Å². The van der Waals surface area contributed by atoms with E-state index in [0.717, 1.165) is 22.4 Å². The van der Waals surface area contributed by atoms with Crippen molar-refractivity contribution in [2.45, 2.75) is 32.8 Å². The van der Waals surface area contributed by atoms with Gasteiger partial charge in [-0.1, -0.05) is 36.8 Å². The number of phenolic OH excluding ortho intramolecular Hbond substituents is 1. The lowest BCUT2D eigenvalue weighted by Gasteiger charge is -2.16. The maximum absolute atomic E-state index is 10.2. The fraction of sp³-hybridized carbons (Fsp3) is 0.333. The second-order valence-electron chi connectivity index (χ2n) is 5.70. The lowest BCUT2D eigenvalue weighted by atomic mass is 9.89. The molecule has 0 amide bonds. The molecule has 0 bridgehead atoms. The number of phenols is 1. The first-order valence-corrected chi connectivity index (χ1v) is 7.16. The molecule has 0 fully saturated rings. The minimum Gasteiger partial charge on any atom is -0.504 e. The highest BCUT2D eigenvalue weighted by molar-refractivity contribution is 5.59. The molecule has 0 spiro atoms. The molecule has 3 rings (SSSR count). The van der Waals surface area contributed by atoms with Crippen LogP contribution in [-0.4, -0.2) is 12.2 Å². The summed E-state index contributed by atoms with van der Waals surface area (Å²) in [5, 5.41) is 10.2. The second kappa shape index (κ2) is 4.99. The van der Waals surface area contributed by atoms with Crippen LogP contribution in [0.1, 0.15) is 41.2 Å². The largest absolute Gasteiger partial charge is 0.504 e. The van der Waals surface area contributed by atoms with Crippen LogP contribution < -0.4 is 9.47 Å². The summed E-state index contributed by atoms with van der Waals surface area (Å²) >= 11 is 0. The quantitative estimate of drug-likeness (QED) is 0.895. The van der Waals surface area contributed by atoms with Crippen LogP contribution >= 0.6 is 0 Å². The summed E-state index contributed by atoms with van der Waals surface area (Å²) in [6.45, 7) is 6.12. The Hall–Kier alpha value is -2.16. The number of fused-ring (bicyclic) bond motifs is 1. The minimum atomic E-state index is -0.0224. The van der Waals surface area contributed by atoms with Crippen molar-refractivity contribution in [3.8, 4) is 17.2 Å². The molecule has 2 aromatic rings. The highest BCUT2D eigenvalue weighted by atomic mass is 16.5. The molecule has 0 saturated heterocycles. The number of ether oxygens (including phenoxy) is 2. The van der Waals surface area contributed by atoms with Gasteiger partial charge in [-0.2, -0.15) is 0 Å². The first kappa shape index (κ1) is 13.8. The monoisotopic (exact) mass is 284 g/mol. The van der Waals surface area contributed by atoms with E-state index in [2.05, 4.69) is 38.1 Å². The highest BCUT2D eigenvalue weighted by Crippen LogP contribution is 2.51. The number of hydrogen-bond donors (Lipinski definition) is 1. The number of hydrogen-bond acceptors (Lipinski definition) is 3. The van der Waals surface area contributed by atoms with Crippen LogP contribution in [-0.2, 0) is 0 Å². The van der Waals surface area contributed by atoms with Gasteiger partial charge in [0.15, 0.2) is 11.5 Å². The Labute approximate surface area is 125 Å². The van der Waals surface area contributed by atoms with Crippen LogP contribution in [0, 0.1) is 13.8 Å². The predicted molar refractivity (Wildman–Crippen MR) is 82.4 cm³/mol.